The molecule has 0 aliphatic heterocycles. The lowest BCUT2D eigenvalue weighted by molar-refractivity contribution is 0.102. The Morgan fingerprint density at radius 3 is 2.62 bits per heavy atom. The number of nitrogens with one attached hydrogen (secondary N) is 2. The van der Waals surface area contributed by atoms with E-state index < -0.39 is 10.0 Å². The number of ether oxygens (including phenoxy) is 1. The van der Waals surface area contributed by atoms with Crippen molar-refractivity contribution in [1.82, 2.24) is 4.98 Å². The highest BCUT2D eigenvalue weighted by atomic mass is 32.2. The van der Waals surface area contributed by atoms with Gasteiger partial charge >= 0.3 is 0 Å². The summed E-state index contributed by atoms with van der Waals surface area (Å²) in [6.45, 7) is 1.56. The first kappa shape index (κ1) is 18.2. The number of carbonyl (C=O) groups excluding carboxylic acids is 1. The number of fused-ring (bicyclic) bond motifs is 1. The maximum Gasteiger partial charge on any atom is 0.257 e. The fraction of sp³-hybridized carbons (Fsp3) is 0.176. The van der Waals surface area contributed by atoms with Crippen LogP contribution in [0.15, 0.2) is 42.5 Å². The van der Waals surface area contributed by atoms with E-state index in [9.17, 15) is 13.2 Å². The molecule has 1 aromatic heterocycles. The van der Waals surface area contributed by atoms with E-state index in [1.165, 1.54) is 18.4 Å². The lowest BCUT2D eigenvalue weighted by Crippen LogP contribution is -2.14. The fourth-order valence-corrected chi connectivity index (χ4v) is 3.82. The molecule has 9 heteroatoms. The van der Waals surface area contributed by atoms with Gasteiger partial charge in [0.1, 0.15) is 11.3 Å². The standard InChI is InChI=1S/C17H17N3O4S2/c1-3-26(22,23)20-12-9-13(24-2)15-14(10-12)25-17(18-15)19-16(21)11-7-5-4-6-8-11/h4-10,20H,3H2,1-2H3,(H,18,19,21). The zero-order valence-corrected chi connectivity index (χ0v) is 15.8. The third-order valence-electron chi connectivity index (χ3n) is 3.59. The largest absolute Gasteiger partial charge is 0.494 e. The number of carbonyl (C=O) groups is 1. The summed E-state index contributed by atoms with van der Waals surface area (Å²) >= 11 is 1.24. The van der Waals surface area contributed by atoms with Crippen LogP contribution in [0.3, 0.4) is 0 Å². The number of sulfonamides is 1. The predicted octanol–water partition coefficient (Wildman–Crippen LogP) is 3.32. The molecule has 1 amide bonds. The molecule has 2 aromatic carbocycles. The first-order chi connectivity index (χ1) is 12.4. The van der Waals surface area contributed by atoms with Gasteiger partial charge in [0.2, 0.25) is 10.0 Å². The number of aromatic nitrogens is 1. The molecule has 0 saturated carbocycles. The van der Waals surface area contributed by atoms with E-state index in [1.54, 1.807) is 43.3 Å². The number of hydrogen-bond donors (Lipinski definition) is 2. The molecule has 136 valence electrons. The van der Waals surface area contributed by atoms with Crippen molar-refractivity contribution in [3.63, 3.8) is 0 Å². The first-order valence-electron chi connectivity index (χ1n) is 7.77. The van der Waals surface area contributed by atoms with E-state index >= 15 is 0 Å². The number of methoxy groups -OCH3 is 1. The third-order valence-corrected chi connectivity index (χ3v) is 5.81. The summed E-state index contributed by atoms with van der Waals surface area (Å²) in [6, 6.07) is 12.0. The Morgan fingerprint density at radius 2 is 1.96 bits per heavy atom. The highest BCUT2D eigenvalue weighted by Gasteiger charge is 2.15. The molecule has 0 bridgehead atoms. The average Bonchev–Trinajstić information content (AvgIpc) is 3.03. The minimum absolute atomic E-state index is 0.0333. The molecule has 0 aliphatic carbocycles. The number of nitrogens with zero attached hydrogens (tertiary/aromatic N) is 1. The Bertz CT molecular complexity index is 1050. The summed E-state index contributed by atoms with van der Waals surface area (Å²) in [5.41, 5.74) is 1.47. The van der Waals surface area contributed by atoms with E-state index in [0.717, 1.165) is 0 Å². The highest BCUT2D eigenvalue weighted by molar-refractivity contribution is 7.92. The number of rotatable bonds is 6. The van der Waals surface area contributed by atoms with Gasteiger partial charge in [-0.2, -0.15) is 0 Å². The summed E-state index contributed by atoms with van der Waals surface area (Å²) < 4.78 is 32.1. The zero-order valence-electron chi connectivity index (χ0n) is 14.1. The van der Waals surface area contributed by atoms with Crippen molar-refractivity contribution in [1.29, 1.82) is 0 Å². The molecule has 0 unspecified atom stereocenters. The molecule has 7 nitrogen and oxygen atoms in total. The van der Waals surface area contributed by atoms with E-state index in [1.807, 2.05) is 6.07 Å². The summed E-state index contributed by atoms with van der Waals surface area (Å²) in [4.78, 5) is 16.7. The van der Waals surface area contributed by atoms with Crippen molar-refractivity contribution in [3.05, 3.63) is 48.0 Å². The second-order valence-electron chi connectivity index (χ2n) is 5.37. The number of anilines is 2. The Kier molecular flexibility index (Phi) is 5.10. The van der Waals surface area contributed by atoms with Gasteiger partial charge in [0.15, 0.2) is 5.13 Å². The van der Waals surface area contributed by atoms with Gasteiger partial charge in [-0.3, -0.25) is 14.8 Å². The maximum atomic E-state index is 12.3. The van der Waals surface area contributed by atoms with Crippen LogP contribution in [0.1, 0.15) is 17.3 Å². The van der Waals surface area contributed by atoms with Crippen LogP contribution in [0.4, 0.5) is 10.8 Å². The van der Waals surface area contributed by atoms with Crippen LogP contribution < -0.4 is 14.8 Å². The number of amides is 1. The second kappa shape index (κ2) is 7.30. The Hall–Kier alpha value is -2.65. The molecule has 0 spiro atoms. The van der Waals surface area contributed by atoms with E-state index in [0.29, 0.717) is 32.3 Å². The molecule has 26 heavy (non-hydrogen) atoms. The molecular formula is C17H17N3O4S2. The summed E-state index contributed by atoms with van der Waals surface area (Å²) in [7, 11) is -1.92. The topological polar surface area (TPSA) is 97.4 Å². The molecule has 2 N–H and O–H groups in total. The average molecular weight is 391 g/mol. The van der Waals surface area contributed by atoms with Crippen molar-refractivity contribution in [2.75, 3.05) is 22.9 Å². The Morgan fingerprint density at radius 1 is 1.23 bits per heavy atom. The number of benzene rings is 2. The molecule has 0 aliphatic rings. The molecule has 0 atom stereocenters. The summed E-state index contributed by atoms with van der Waals surface area (Å²) in [5.74, 6) is 0.123. The molecular weight excluding hydrogens is 374 g/mol. The predicted molar refractivity (Wildman–Crippen MR) is 104 cm³/mol. The minimum atomic E-state index is -3.41. The second-order valence-corrected chi connectivity index (χ2v) is 8.41. The van der Waals surface area contributed by atoms with Crippen LogP contribution in [-0.4, -0.2) is 32.2 Å². The summed E-state index contributed by atoms with van der Waals surface area (Å²) in [6.07, 6.45) is 0. The van der Waals surface area contributed by atoms with Gasteiger partial charge in [0.05, 0.1) is 23.2 Å². The van der Waals surface area contributed by atoms with E-state index in [4.69, 9.17) is 4.74 Å². The van der Waals surface area contributed by atoms with Gasteiger partial charge in [-0.25, -0.2) is 13.4 Å². The van der Waals surface area contributed by atoms with Crippen LogP contribution in [0.5, 0.6) is 5.75 Å². The van der Waals surface area contributed by atoms with Crippen molar-refractivity contribution in [2.24, 2.45) is 0 Å². The maximum absolute atomic E-state index is 12.3. The van der Waals surface area contributed by atoms with Crippen LogP contribution in [-0.2, 0) is 10.0 Å². The zero-order chi connectivity index (χ0) is 18.7. The molecule has 3 rings (SSSR count). The lowest BCUT2D eigenvalue weighted by Gasteiger charge is -2.08. The van der Waals surface area contributed by atoms with E-state index in [2.05, 4.69) is 15.0 Å². The quantitative estimate of drug-likeness (QED) is 0.672. The number of thiazole rings is 1. The van der Waals surface area contributed by atoms with Crippen molar-refractivity contribution in [2.45, 2.75) is 6.92 Å². The molecule has 1 heterocycles. The SMILES string of the molecule is CCS(=O)(=O)Nc1cc(OC)c2nc(NC(=O)c3ccccc3)sc2c1. The molecule has 3 aromatic rings. The van der Waals surface area contributed by atoms with Crippen molar-refractivity contribution < 1.29 is 17.9 Å². The van der Waals surface area contributed by atoms with E-state index in [-0.39, 0.29) is 11.7 Å². The number of hydrogen-bond acceptors (Lipinski definition) is 6. The van der Waals surface area contributed by atoms with Crippen LogP contribution in [0, 0.1) is 0 Å². The summed E-state index contributed by atoms with van der Waals surface area (Å²) in [5, 5.41) is 3.16. The Labute approximate surface area is 155 Å². The molecule has 0 radical (unpaired) electrons. The minimum Gasteiger partial charge on any atom is -0.494 e. The van der Waals surface area contributed by atoms with Crippen LogP contribution in [0.25, 0.3) is 10.2 Å². The monoisotopic (exact) mass is 391 g/mol. The van der Waals surface area contributed by atoms with Crippen molar-refractivity contribution in [3.8, 4) is 5.75 Å². The van der Waals surface area contributed by atoms with Gasteiger partial charge in [-0.1, -0.05) is 29.5 Å². The lowest BCUT2D eigenvalue weighted by atomic mass is 10.2. The smallest absolute Gasteiger partial charge is 0.257 e. The molecule has 0 fully saturated rings. The van der Waals surface area contributed by atoms with Crippen LogP contribution >= 0.6 is 11.3 Å². The first-order valence-corrected chi connectivity index (χ1v) is 10.2. The third kappa shape index (κ3) is 3.94. The van der Waals surface area contributed by atoms with Crippen LogP contribution in [0.2, 0.25) is 0 Å². The van der Waals surface area contributed by atoms with Gasteiger partial charge in [0.25, 0.3) is 5.91 Å². The fourth-order valence-electron chi connectivity index (χ4n) is 2.28. The normalized spacial score (nSPS) is 11.3. The molecule has 0 saturated heterocycles. The van der Waals surface area contributed by atoms with Gasteiger partial charge in [-0.15, -0.1) is 0 Å². The van der Waals surface area contributed by atoms with Crippen molar-refractivity contribution >= 4 is 48.3 Å². The van der Waals surface area contributed by atoms with Gasteiger partial charge in [0, 0.05) is 11.6 Å². The Balaban J connectivity index is 1.93. The van der Waals surface area contributed by atoms with Gasteiger partial charge in [-0.05, 0) is 25.1 Å². The highest BCUT2D eigenvalue weighted by Crippen LogP contribution is 2.35. The van der Waals surface area contributed by atoms with Gasteiger partial charge < -0.3 is 4.74 Å².